The number of aromatic nitrogens is 6. The number of aryl methyl sites for hydroxylation is 6. The summed E-state index contributed by atoms with van der Waals surface area (Å²) in [4.78, 5) is 105. The van der Waals surface area contributed by atoms with Crippen LogP contribution in [0.15, 0.2) is 205 Å². The molecule has 0 fully saturated rings. The van der Waals surface area contributed by atoms with E-state index in [1.165, 1.54) is 0 Å². The Morgan fingerprint density at radius 1 is 0.421 bits per heavy atom. The molecule has 6 aromatic heterocycles. The maximum Gasteiger partial charge on any atom is 0.407 e. The summed E-state index contributed by atoms with van der Waals surface area (Å²) in [6.45, 7) is 12.9. The Kier molecular flexibility index (Phi) is 23.4. The fourth-order valence-electron chi connectivity index (χ4n) is 14.0. The number of hydrogen-bond donors (Lipinski definition) is 4. The lowest BCUT2D eigenvalue weighted by Crippen LogP contribution is -2.40. The molecule has 3 unspecified atom stereocenters. The summed E-state index contributed by atoms with van der Waals surface area (Å²) in [7, 11) is 0. The molecule has 26 heteroatoms. The average Bonchev–Trinajstić information content (AvgIpc) is 0.732. The number of halogens is 4. The van der Waals surface area contributed by atoms with E-state index >= 15 is 0 Å². The number of benzene rings is 7. The van der Waals surface area contributed by atoms with E-state index in [-0.39, 0.29) is 96.2 Å². The van der Waals surface area contributed by atoms with E-state index in [4.69, 9.17) is 75.8 Å². The Morgan fingerprint density at radius 2 is 0.729 bits per heavy atom. The Balaban J connectivity index is 0.000000146. The van der Waals surface area contributed by atoms with E-state index in [2.05, 4.69) is 21.7 Å². The number of hydrogen-bond acceptors (Lipinski definition) is 14. The first kappa shape index (κ1) is 75.5. The highest BCUT2D eigenvalue weighted by Crippen LogP contribution is 2.43. The SMILES string of the molecule is Cc1cc(=O)[nH]c2c3c4c(cc12)c(C)cc(=O)n4C(CNC(=O)OCc1ccccc1)CO3.Cc1cc(=O)n(-c2ccccc2)c2c3c4c(cc12)c(C)cc(=O)n4C(CN)CO3.Cc1cc(=O)n(-c2ccccc2)c2c3c4c(cc12)c(C)cc(=O)n4C(CNC(=O)OCc1ccccc1)CO3.ClCCl.ClCCl. The predicted molar refractivity (Wildman–Crippen MR) is 422 cm³/mol. The fourth-order valence-corrected chi connectivity index (χ4v) is 14.0. The Bertz CT molecular complexity index is 5950. The molecule has 9 heterocycles. The van der Waals surface area contributed by atoms with Gasteiger partial charge in [0.2, 0.25) is 5.56 Å². The number of alkyl halides is 4. The first-order chi connectivity index (χ1) is 51.7. The first-order valence-electron chi connectivity index (χ1n) is 34.2. The smallest absolute Gasteiger partial charge is 0.407 e. The highest BCUT2D eigenvalue weighted by atomic mass is 35.5. The van der Waals surface area contributed by atoms with Crippen LogP contribution in [0.25, 0.3) is 76.8 Å². The molecule has 7 aromatic carbocycles. The summed E-state index contributed by atoms with van der Waals surface area (Å²) in [5.41, 5.74) is 16.9. The third-order valence-electron chi connectivity index (χ3n) is 18.9. The molecule has 2 amide bonds. The van der Waals surface area contributed by atoms with Crippen LogP contribution < -0.4 is 63.9 Å². The minimum Gasteiger partial charge on any atom is -0.487 e. The van der Waals surface area contributed by atoms with E-state index in [1.54, 1.807) is 59.2 Å². The number of H-pyrrole nitrogens is 1. The number of ether oxygens (including phenoxy) is 5. The highest BCUT2D eigenvalue weighted by molar-refractivity contribution is 6.41. The van der Waals surface area contributed by atoms with Gasteiger partial charge in [0.1, 0.15) is 44.1 Å². The van der Waals surface area contributed by atoms with E-state index in [0.29, 0.717) is 62.6 Å². The lowest BCUT2D eigenvalue weighted by molar-refractivity contribution is 0.135. The molecule has 0 aliphatic carbocycles. The van der Waals surface area contributed by atoms with Gasteiger partial charge in [0.15, 0.2) is 17.2 Å². The molecule has 5 N–H and O–H groups in total. The zero-order valence-corrected chi connectivity index (χ0v) is 62.2. The zero-order chi connectivity index (χ0) is 75.9. The van der Waals surface area contributed by atoms with Crippen LogP contribution in [0.5, 0.6) is 17.2 Å². The van der Waals surface area contributed by atoms with Gasteiger partial charge < -0.3 is 45.0 Å². The minimum absolute atomic E-state index is 0.101. The van der Waals surface area contributed by atoms with Crippen LogP contribution in [0.3, 0.4) is 0 Å². The van der Waals surface area contributed by atoms with Gasteiger partial charge >= 0.3 is 12.2 Å². The molecule has 0 spiro atoms. The van der Waals surface area contributed by atoms with Gasteiger partial charge in [-0.1, -0.05) is 97.1 Å². The average molecular weight is 1520 g/mol. The van der Waals surface area contributed by atoms with Gasteiger partial charge in [-0.3, -0.25) is 51.6 Å². The van der Waals surface area contributed by atoms with Gasteiger partial charge in [0.25, 0.3) is 27.8 Å². The van der Waals surface area contributed by atoms with Crippen molar-refractivity contribution < 1.29 is 33.3 Å². The van der Waals surface area contributed by atoms with Crippen LogP contribution in [-0.4, -0.2) is 90.1 Å². The number of carbonyl (C=O) groups is 2. The van der Waals surface area contributed by atoms with Gasteiger partial charge in [-0.05, 0) is 129 Å². The minimum atomic E-state index is -0.576. The Hall–Kier alpha value is -11.1. The number of nitrogens with two attached hydrogens (primary N) is 1. The molecule has 3 aliphatic heterocycles. The summed E-state index contributed by atoms with van der Waals surface area (Å²) in [5.74, 6) is 1.52. The summed E-state index contributed by atoms with van der Waals surface area (Å²) in [6, 6.07) is 52.2. The number of carbonyl (C=O) groups excluding carboxylic acids is 2. The van der Waals surface area contributed by atoms with E-state index in [1.807, 2.05) is 175 Å². The molecule has 3 atom stereocenters. The summed E-state index contributed by atoms with van der Waals surface area (Å²) >= 11 is 19.1. The van der Waals surface area contributed by atoms with Crippen molar-refractivity contribution >= 4 is 124 Å². The summed E-state index contributed by atoms with van der Waals surface area (Å²) in [5, 5.41) is 11.2. The van der Waals surface area contributed by atoms with Crippen LogP contribution in [0.2, 0.25) is 0 Å². The second-order valence-corrected chi connectivity index (χ2v) is 27.5. The number of fused-ring (bicyclic) bond motifs is 6. The van der Waals surface area contributed by atoms with Crippen LogP contribution in [0, 0.1) is 41.5 Å². The van der Waals surface area contributed by atoms with E-state index in [0.717, 1.165) is 82.5 Å². The molecule has 107 heavy (non-hydrogen) atoms. The van der Waals surface area contributed by atoms with E-state index < -0.39 is 24.3 Å². The monoisotopic (exact) mass is 1520 g/mol. The number of rotatable bonds is 11. The number of amides is 2. The maximum absolute atomic E-state index is 13.4. The molecule has 16 rings (SSSR count). The van der Waals surface area contributed by atoms with Gasteiger partial charge in [-0.15, -0.1) is 46.4 Å². The summed E-state index contributed by atoms with van der Waals surface area (Å²) < 4.78 is 37.6. The number of nitrogens with zero attached hydrogens (tertiary/aromatic N) is 5. The molecule has 13 aromatic rings. The van der Waals surface area contributed by atoms with Gasteiger partial charge in [-0.2, -0.15) is 0 Å². The number of alkyl carbamates (subject to hydrolysis) is 2. The Morgan fingerprint density at radius 3 is 1.11 bits per heavy atom. The highest BCUT2D eigenvalue weighted by Gasteiger charge is 2.32. The maximum atomic E-state index is 13.4. The van der Waals surface area contributed by atoms with Crippen molar-refractivity contribution in [1.82, 2.24) is 38.5 Å². The third-order valence-corrected chi connectivity index (χ3v) is 18.9. The molecular formula is C81H75Cl4N9O13. The quantitative estimate of drug-likeness (QED) is 0.0693. The standard InChI is InChI=1S/C31H27N3O5.C25H23N3O5.C23H21N3O3.2CH2Cl2/c1-19-13-26(35)33(22-11-7-4-8-12-22)28-24(19)15-25-20(2)14-27(36)34-23(18-38-30(28)29(25)34)16-32-31(37)39-17-21-9-5-3-6-10-21;1-14-8-20(29)27-22-18(14)10-19-15(2)9-21(30)28-17(13-32-24(22)23(19)28)11-26-25(31)33-12-16-6-4-3-5-7-16;1-13-8-19(27)25(15-6-4-3-5-7-15)21-17(13)10-18-14(2)9-20(28)26-16(11-24)12-29-23(21)22(18)26;2*2-1-3/h3-15,23H,16-18H2,1-2H3,(H,32,37);3-10,17H,11-13H2,1-2H3,(H,26,31)(H,27,29);3-10,16H,11-12,24H2,1-2H3;2*1H2. The third kappa shape index (κ3) is 15.5. The van der Waals surface area contributed by atoms with Crippen molar-refractivity contribution in [3.8, 4) is 28.6 Å². The van der Waals surface area contributed by atoms with Crippen molar-refractivity contribution in [2.45, 2.75) is 72.9 Å². The summed E-state index contributed by atoms with van der Waals surface area (Å²) in [6.07, 6.45) is -1.15. The van der Waals surface area contributed by atoms with Gasteiger partial charge in [-0.25, -0.2) is 9.59 Å². The predicted octanol–water partition coefficient (Wildman–Crippen LogP) is 13.8. The fraction of sp³-hybridized carbons (Fsp3) is 0.235. The topological polar surface area (TPSA) is 273 Å². The number of pyridine rings is 6. The molecular weight excluding hydrogens is 1450 g/mol. The number of nitrogens with one attached hydrogen (secondary N) is 3. The van der Waals surface area contributed by atoms with Crippen molar-refractivity contribution in [1.29, 1.82) is 0 Å². The first-order valence-corrected chi connectivity index (χ1v) is 36.4. The number of aromatic amines is 1. The van der Waals surface area contributed by atoms with Crippen molar-refractivity contribution in [2.24, 2.45) is 5.73 Å². The molecule has 0 radical (unpaired) electrons. The molecule has 22 nitrogen and oxygen atoms in total. The van der Waals surface area contributed by atoms with Gasteiger partial charge in [0, 0.05) is 99.7 Å². The number of para-hydroxylation sites is 2. The normalized spacial score (nSPS) is 14.3. The zero-order valence-electron chi connectivity index (χ0n) is 59.2. The largest absolute Gasteiger partial charge is 0.487 e. The molecule has 0 saturated heterocycles. The second kappa shape index (κ2) is 33.1. The molecule has 0 saturated carbocycles. The Labute approximate surface area is 631 Å². The van der Waals surface area contributed by atoms with Crippen LogP contribution >= 0.6 is 46.4 Å². The lowest BCUT2D eigenvalue weighted by Gasteiger charge is -2.30. The molecule has 550 valence electrons. The lowest BCUT2D eigenvalue weighted by atomic mass is 10.00. The van der Waals surface area contributed by atoms with Gasteiger partial charge in [0.05, 0.1) is 50.9 Å². The van der Waals surface area contributed by atoms with Crippen LogP contribution in [0.4, 0.5) is 9.59 Å². The second-order valence-electron chi connectivity index (χ2n) is 25.8. The molecule has 0 bridgehead atoms. The van der Waals surface area contributed by atoms with Crippen molar-refractivity contribution in [2.75, 3.05) is 50.1 Å². The van der Waals surface area contributed by atoms with Crippen molar-refractivity contribution in [3.05, 3.63) is 283 Å². The molecule has 3 aliphatic rings. The van der Waals surface area contributed by atoms with Crippen molar-refractivity contribution in [3.63, 3.8) is 0 Å². The van der Waals surface area contributed by atoms with Crippen LogP contribution in [-0.2, 0) is 22.7 Å². The van der Waals surface area contributed by atoms with E-state index in [9.17, 15) is 38.4 Å². The van der Waals surface area contributed by atoms with Crippen LogP contribution in [0.1, 0.15) is 62.6 Å².